The maximum absolute atomic E-state index is 14.2. The van der Waals surface area contributed by atoms with Gasteiger partial charge in [-0.1, -0.05) is 6.07 Å². The largest absolute Gasteiger partial charge is 0.315 e. The highest BCUT2D eigenvalue weighted by Crippen LogP contribution is 2.39. The highest BCUT2D eigenvalue weighted by atomic mass is 32.1. The van der Waals surface area contributed by atoms with Gasteiger partial charge in [-0.3, -0.25) is 4.79 Å². The Kier molecular flexibility index (Phi) is 4.93. The van der Waals surface area contributed by atoms with Crippen molar-refractivity contribution in [2.24, 2.45) is 10.4 Å². The molecule has 2 aromatic carbocycles. The van der Waals surface area contributed by atoms with Gasteiger partial charge in [-0.15, -0.1) is 21.2 Å². The van der Waals surface area contributed by atoms with Gasteiger partial charge in [-0.05, 0) is 65.0 Å². The van der Waals surface area contributed by atoms with Gasteiger partial charge in [0.1, 0.15) is 22.9 Å². The first-order valence-corrected chi connectivity index (χ1v) is 9.42. The van der Waals surface area contributed by atoms with E-state index in [1.54, 1.807) is 12.1 Å². The number of aryl methyl sites for hydroxylation is 2. The lowest BCUT2D eigenvalue weighted by Crippen LogP contribution is -2.14. The van der Waals surface area contributed by atoms with Gasteiger partial charge in [0.05, 0.1) is 10.6 Å². The zero-order valence-electron chi connectivity index (χ0n) is 14.7. The van der Waals surface area contributed by atoms with E-state index < -0.39 is 28.9 Å². The van der Waals surface area contributed by atoms with Crippen LogP contribution < -0.4 is 5.32 Å². The van der Waals surface area contributed by atoms with Crippen molar-refractivity contribution in [3.63, 3.8) is 0 Å². The lowest BCUT2D eigenvalue weighted by atomic mass is 10.0. The first-order chi connectivity index (χ1) is 14.0. The van der Waals surface area contributed by atoms with Gasteiger partial charge in [-0.2, -0.15) is 0 Å². The predicted molar refractivity (Wildman–Crippen MR) is 105 cm³/mol. The van der Waals surface area contributed by atoms with Crippen LogP contribution >= 0.6 is 11.3 Å². The molecule has 0 spiro atoms. The number of amides is 1. The van der Waals surface area contributed by atoms with Crippen LogP contribution in [0.3, 0.4) is 0 Å². The highest BCUT2D eigenvalue weighted by molar-refractivity contribution is 7.17. The van der Waals surface area contributed by atoms with Crippen LogP contribution in [0.15, 0.2) is 40.7 Å². The van der Waals surface area contributed by atoms with Gasteiger partial charge >= 0.3 is 0 Å². The van der Waals surface area contributed by atoms with Crippen LogP contribution in [0.1, 0.15) is 27.5 Å². The Balaban J connectivity index is 1.72. The van der Waals surface area contributed by atoms with E-state index in [2.05, 4.69) is 20.7 Å². The van der Waals surface area contributed by atoms with Gasteiger partial charge < -0.3 is 5.32 Å². The van der Waals surface area contributed by atoms with Crippen LogP contribution in [-0.2, 0) is 12.8 Å². The van der Waals surface area contributed by atoms with Crippen molar-refractivity contribution in [2.45, 2.75) is 19.3 Å². The third kappa shape index (κ3) is 3.42. The maximum atomic E-state index is 14.2. The average molecular weight is 414 g/mol. The molecular formula is C19H12F2N4O3S. The average Bonchev–Trinajstić information content (AvgIpc) is 3.08. The van der Waals surface area contributed by atoms with E-state index in [9.17, 15) is 23.4 Å². The summed E-state index contributed by atoms with van der Waals surface area (Å²) in [6.45, 7) is 0. The van der Waals surface area contributed by atoms with Crippen LogP contribution in [0.4, 0.5) is 25.8 Å². The highest BCUT2D eigenvalue weighted by Gasteiger charge is 2.24. The normalized spacial score (nSPS) is 12.5. The molecule has 1 aliphatic rings. The minimum atomic E-state index is -1.25. The first-order valence-electron chi connectivity index (χ1n) is 8.61. The zero-order valence-corrected chi connectivity index (χ0v) is 15.6. The first kappa shape index (κ1) is 18.9. The summed E-state index contributed by atoms with van der Waals surface area (Å²) >= 11 is 1.06. The molecule has 0 unspecified atom stereocenters. The number of aromatic nitrogens is 1. The Morgan fingerprint density at radius 1 is 1.10 bits per heavy atom. The van der Waals surface area contributed by atoms with Crippen molar-refractivity contribution in [1.82, 2.24) is 4.98 Å². The van der Waals surface area contributed by atoms with Crippen molar-refractivity contribution in [2.75, 3.05) is 5.32 Å². The smallest absolute Gasteiger partial charge is 0.284 e. The molecule has 0 radical (unpaired) electrons. The molecule has 1 amide bonds. The molecule has 1 aliphatic carbocycles. The van der Waals surface area contributed by atoms with Gasteiger partial charge in [0.25, 0.3) is 5.91 Å². The zero-order chi connectivity index (χ0) is 20.5. The molecule has 1 aromatic heterocycles. The number of hydrogen-bond donors (Lipinski definition) is 1. The Labute approximate surface area is 166 Å². The topological polar surface area (TPSA) is 101 Å². The van der Waals surface area contributed by atoms with Crippen molar-refractivity contribution < 1.29 is 13.6 Å². The minimum absolute atomic E-state index is 0.00980. The number of anilines is 1. The molecule has 1 heterocycles. The molecule has 3 aromatic rings. The van der Waals surface area contributed by atoms with Gasteiger partial charge in [0.15, 0.2) is 10.8 Å². The molecule has 0 fully saturated rings. The van der Waals surface area contributed by atoms with Gasteiger partial charge in [-0.25, -0.2) is 13.8 Å². The molecule has 146 valence electrons. The Bertz CT molecular complexity index is 1160. The lowest BCUT2D eigenvalue weighted by Gasteiger charge is -2.07. The summed E-state index contributed by atoms with van der Waals surface area (Å²) in [5.74, 6) is -3.10. The van der Waals surface area contributed by atoms with E-state index in [1.165, 1.54) is 0 Å². The number of halogens is 2. The molecule has 0 bridgehead atoms. The molecule has 4 rings (SSSR count). The Hall–Kier alpha value is -3.40. The number of rotatable bonds is 4. The number of nitrogens with zero attached hydrogens (tertiary/aromatic N) is 3. The standard InChI is InChI=1S/C19H12F2N4O3S/c20-12-6-7-13(25-28)15(21)16(12)23-18(26)19-22-14-3-1-2-9-4-5-10(24-27)8-11(9)17(14)29-19/h4-8H,1-3H2,(H,23,26). The van der Waals surface area contributed by atoms with Crippen molar-refractivity contribution in [3.05, 3.63) is 68.0 Å². The Morgan fingerprint density at radius 2 is 1.93 bits per heavy atom. The van der Waals surface area contributed by atoms with Crippen molar-refractivity contribution >= 4 is 34.3 Å². The molecule has 0 saturated heterocycles. The van der Waals surface area contributed by atoms with Gasteiger partial charge in [0.2, 0.25) is 0 Å². The maximum Gasteiger partial charge on any atom is 0.284 e. The fraction of sp³-hybridized carbons (Fsp3) is 0.158. The number of nitroso groups, excluding NO2 is 2. The SMILES string of the molecule is O=Nc1ccc2c(c1)-c1sc(C(=O)Nc3c(F)ccc(N=O)c3F)nc1CCC2. The molecule has 0 aliphatic heterocycles. The summed E-state index contributed by atoms with van der Waals surface area (Å²) in [7, 11) is 0. The second-order valence-corrected chi connectivity index (χ2v) is 7.38. The molecular weight excluding hydrogens is 402 g/mol. The van der Waals surface area contributed by atoms with Crippen LogP contribution in [0.25, 0.3) is 10.4 Å². The predicted octanol–water partition coefficient (Wildman–Crippen LogP) is 5.63. The second kappa shape index (κ2) is 7.55. The Morgan fingerprint density at radius 3 is 2.69 bits per heavy atom. The molecule has 0 atom stereocenters. The summed E-state index contributed by atoms with van der Waals surface area (Å²) in [5, 5.41) is 7.56. The van der Waals surface area contributed by atoms with Crippen LogP contribution in [-0.4, -0.2) is 10.9 Å². The number of nitrogens with one attached hydrogen (secondary N) is 1. The number of carbonyl (C=O) groups is 1. The fourth-order valence-corrected chi connectivity index (χ4v) is 4.28. The third-order valence-electron chi connectivity index (χ3n) is 4.60. The molecule has 10 heteroatoms. The van der Waals surface area contributed by atoms with E-state index in [4.69, 9.17) is 0 Å². The van der Waals surface area contributed by atoms with E-state index >= 15 is 0 Å². The van der Waals surface area contributed by atoms with E-state index in [-0.39, 0.29) is 10.7 Å². The molecule has 7 nitrogen and oxygen atoms in total. The molecule has 1 N–H and O–H groups in total. The summed E-state index contributed by atoms with van der Waals surface area (Å²) in [5.41, 5.74) is 1.35. The van der Waals surface area contributed by atoms with Crippen LogP contribution in [0, 0.1) is 21.4 Å². The summed E-state index contributed by atoms with van der Waals surface area (Å²) in [6, 6.07) is 6.82. The number of hydrogen-bond acceptors (Lipinski definition) is 7. The monoisotopic (exact) mass is 414 g/mol. The number of carbonyl (C=O) groups excluding carboxylic acids is 1. The quantitative estimate of drug-likeness (QED) is 0.560. The number of benzene rings is 2. The number of fused-ring (bicyclic) bond motifs is 3. The molecule has 0 saturated carbocycles. The number of thiazole rings is 1. The second-order valence-electron chi connectivity index (χ2n) is 6.38. The van der Waals surface area contributed by atoms with Crippen molar-refractivity contribution in [3.8, 4) is 10.4 Å². The van der Waals surface area contributed by atoms with E-state index in [1.807, 2.05) is 6.07 Å². The summed E-state index contributed by atoms with van der Waals surface area (Å²) in [4.78, 5) is 39.1. The van der Waals surface area contributed by atoms with Crippen molar-refractivity contribution in [1.29, 1.82) is 0 Å². The fourth-order valence-electron chi connectivity index (χ4n) is 3.22. The van der Waals surface area contributed by atoms with Crippen LogP contribution in [0.2, 0.25) is 0 Å². The van der Waals surface area contributed by atoms with E-state index in [0.29, 0.717) is 12.1 Å². The summed E-state index contributed by atoms with van der Waals surface area (Å²) < 4.78 is 28.1. The summed E-state index contributed by atoms with van der Waals surface area (Å²) in [6.07, 6.45) is 2.21. The van der Waals surface area contributed by atoms with Crippen LogP contribution in [0.5, 0.6) is 0 Å². The minimum Gasteiger partial charge on any atom is -0.315 e. The van der Waals surface area contributed by atoms with E-state index in [0.717, 1.165) is 52.3 Å². The third-order valence-corrected chi connectivity index (χ3v) is 5.73. The lowest BCUT2D eigenvalue weighted by molar-refractivity contribution is 0.102. The van der Waals surface area contributed by atoms with Gasteiger partial charge in [0, 0.05) is 0 Å². The molecule has 29 heavy (non-hydrogen) atoms.